The number of likely N-dealkylation sites (tertiary alicyclic amines) is 1. The first-order chi connectivity index (χ1) is 11.9. The average molecular weight is 353 g/mol. The van der Waals surface area contributed by atoms with Crippen molar-refractivity contribution in [3.63, 3.8) is 0 Å². The molecule has 2 aliphatic heterocycles. The molecule has 2 aliphatic rings. The highest BCUT2D eigenvalue weighted by Crippen LogP contribution is 2.18. The number of nitrogens with one attached hydrogen (secondary N) is 2. The smallest absolute Gasteiger partial charge is 0.191 e. The van der Waals surface area contributed by atoms with Crippen LogP contribution in [0.5, 0.6) is 0 Å². The van der Waals surface area contributed by atoms with Crippen LogP contribution in [0.3, 0.4) is 0 Å². The van der Waals surface area contributed by atoms with Crippen LogP contribution < -0.4 is 10.6 Å². The molecule has 2 N–H and O–H groups in total. The van der Waals surface area contributed by atoms with Gasteiger partial charge in [-0.15, -0.1) is 0 Å². The summed E-state index contributed by atoms with van der Waals surface area (Å²) in [4.78, 5) is 12.0. The van der Waals surface area contributed by atoms with Gasteiger partial charge < -0.3 is 20.4 Å². The Morgan fingerprint density at radius 3 is 2.36 bits per heavy atom. The summed E-state index contributed by atoms with van der Waals surface area (Å²) in [6, 6.07) is 1.11. The van der Waals surface area contributed by atoms with Crippen molar-refractivity contribution in [2.45, 2.75) is 39.8 Å². The van der Waals surface area contributed by atoms with E-state index < -0.39 is 0 Å². The third-order valence-corrected chi connectivity index (χ3v) is 5.70. The Kier molecular flexibility index (Phi) is 7.97. The summed E-state index contributed by atoms with van der Waals surface area (Å²) < 4.78 is 0. The molecule has 6 nitrogen and oxygen atoms in total. The monoisotopic (exact) mass is 352 g/mol. The molecule has 0 aromatic rings. The summed E-state index contributed by atoms with van der Waals surface area (Å²) in [7, 11) is 4.09. The SMILES string of the molecule is CN=C(NCC(C)CN1CCN(C)CC1)NC1CN(C(C)C)CC1C. The van der Waals surface area contributed by atoms with E-state index in [1.807, 2.05) is 7.05 Å². The second-order valence-corrected chi connectivity index (χ2v) is 8.44. The molecule has 0 saturated carbocycles. The Labute approximate surface area is 155 Å². The minimum atomic E-state index is 0.488. The maximum absolute atomic E-state index is 4.44. The van der Waals surface area contributed by atoms with Gasteiger partial charge in [-0.3, -0.25) is 9.89 Å². The van der Waals surface area contributed by atoms with Crippen LogP contribution in [-0.2, 0) is 0 Å². The molecule has 0 aromatic carbocycles. The first kappa shape index (κ1) is 20.5. The molecule has 2 saturated heterocycles. The number of likely N-dealkylation sites (N-methyl/N-ethyl adjacent to an activating group) is 1. The number of nitrogens with zero attached hydrogens (tertiary/aromatic N) is 4. The van der Waals surface area contributed by atoms with E-state index in [-0.39, 0.29) is 0 Å². The van der Waals surface area contributed by atoms with Crippen LogP contribution in [0.2, 0.25) is 0 Å². The van der Waals surface area contributed by atoms with E-state index >= 15 is 0 Å². The summed E-state index contributed by atoms with van der Waals surface area (Å²) >= 11 is 0. The molecular formula is C19H40N6. The molecule has 0 spiro atoms. The lowest BCUT2D eigenvalue weighted by molar-refractivity contribution is 0.139. The predicted octanol–water partition coefficient (Wildman–Crippen LogP) is 0.764. The minimum absolute atomic E-state index is 0.488. The first-order valence-electron chi connectivity index (χ1n) is 10.0. The van der Waals surface area contributed by atoms with Crippen molar-refractivity contribution in [2.24, 2.45) is 16.8 Å². The summed E-state index contributed by atoms with van der Waals surface area (Å²) in [6.45, 7) is 18.4. The van der Waals surface area contributed by atoms with Gasteiger partial charge in [-0.2, -0.15) is 0 Å². The van der Waals surface area contributed by atoms with Crippen molar-refractivity contribution < 1.29 is 0 Å². The van der Waals surface area contributed by atoms with Crippen LogP contribution >= 0.6 is 0 Å². The van der Waals surface area contributed by atoms with E-state index in [1.54, 1.807) is 0 Å². The Balaban J connectivity index is 1.71. The van der Waals surface area contributed by atoms with Crippen molar-refractivity contribution in [3.8, 4) is 0 Å². The van der Waals surface area contributed by atoms with Gasteiger partial charge in [0.05, 0.1) is 0 Å². The fourth-order valence-electron chi connectivity index (χ4n) is 3.79. The fraction of sp³-hybridized carbons (Fsp3) is 0.947. The topological polar surface area (TPSA) is 46.1 Å². The van der Waals surface area contributed by atoms with E-state index in [0.29, 0.717) is 23.9 Å². The number of hydrogen-bond acceptors (Lipinski definition) is 4. The number of hydrogen-bond donors (Lipinski definition) is 2. The number of guanidine groups is 1. The van der Waals surface area contributed by atoms with Gasteiger partial charge in [0.2, 0.25) is 0 Å². The zero-order valence-corrected chi connectivity index (χ0v) is 17.3. The van der Waals surface area contributed by atoms with Gasteiger partial charge in [0.15, 0.2) is 5.96 Å². The summed E-state index contributed by atoms with van der Waals surface area (Å²) in [5, 5.41) is 7.18. The third-order valence-electron chi connectivity index (χ3n) is 5.70. The first-order valence-corrected chi connectivity index (χ1v) is 10.0. The van der Waals surface area contributed by atoms with Crippen molar-refractivity contribution in [3.05, 3.63) is 0 Å². The van der Waals surface area contributed by atoms with Crippen molar-refractivity contribution in [2.75, 3.05) is 66.5 Å². The molecule has 0 bridgehead atoms. The fourth-order valence-corrected chi connectivity index (χ4v) is 3.79. The Morgan fingerprint density at radius 2 is 1.80 bits per heavy atom. The molecule has 0 aromatic heterocycles. The number of piperazine rings is 1. The van der Waals surface area contributed by atoms with Crippen LogP contribution in [0, 0.1) is 11.8 Å². The number of rotatable bonds is 6. The van der Waals surface area contributed by atoms with Crippen molar-refractivity contribution in [1.82, 2.24) is 25.3 Å². The molecule has 2 heterocycles. The Morgan fingerprint density at radius 1 is 1.12 bits per heavy atom. The highest BCUT2D eigenvalue weighted by atomic mass is 15.3. The van der Waals surface area contributed by atoms with Gasteiger partial charge in [-0.1, -0.05) is 13.8 Å². The van der Waals surface area contributed by atoms with Crippen LogP contribution in [0.1, 0.15) is 27.7 Å². The molecule has 3 unspecified atom stereocenters. The molecule has 0 aliphatic carbocycles. The van der Waals surface area contributed by atoms with E-state index in [0.717, 1.165) is 19.0 Å². The van der Waals surface area contributed by atoms with Gasteiger partial charge in [0.25, 0.3) is 0 Å². The quantitative estimate of drug-likeness (QED) is 0.546. The van der Waals surface area contributed by atoms with E-state index in [2.05, 4.69) is 65.1 Å². The van der Waals surface area contributed by atoms with E-state index in [9.17, 15) is 0 Å². The molecule has 6 heteroatoms. The van der Waals surface area contributed by atoms with E-state index in [4.69, 9.17) is 0 Å². The van der Waals surface area contributed by atoms with Gasteiger partial charge in [0.1, 0.15) is 0 Å². The third kappa shape index (κ3) is 6.42. The van der Waals surface area contributed by atoms with Gasteiger partial charge in [0, 0.05) is 71.5 Å². The molecule has 0 amide bonds. The van der Waals surface area contributed by atoms with Crippen LogP contribution in [0.4, 0.5) is 0 Å². The Bertz CT molecular complexity index is 416. The molecule has 3 atom stereocenters. The highest BCUT2D eigenvalue weighted by molar-refractivity contribution is 5.80. The van der Waals surface area contributed by atoms with Gasteiger partial charge in [-0.05, 0) is 32.7 Å². The Hall–Kier alpha value is -0.850. The van der Waals surface area contributed by atoms with Gasteiger partial charge in [-0.25, -0.2) is 0 Å². The number of aliphatic imine (C=N–C) groups is 1. The average Bonchev–Trinajstić information content (AvgIpc) is 2.94. The standard InChI is InChI=1S/C19H40N6/c1-15(2)25-13-17(4)18(14-25)22-19(20-5)21-11-16(3)12-24-9-7-23(6)8-10-24/h15-18H,7-14H2,1-6H3,(H2,20,21,22). The lowest BCUT2D eigenvalue weighted by atomic mass is 10.1. The van der Waals surface area contributed by atoms with Crippen LogP contribution in [-0.4, -0.2) is 99.2 Å². The molecule has 2 fully saturated rings. The maximum atomic E-state index is 4.44. The molecule has 146 valence electrons. The second kappa shape index (κ2) is 9.74. The largest absolute Gasteiger partial charge is 0.356 e. The minimum Gasteiger partial charge on any atom is -0.356 e. The summed E-state index contributed by atoms with van der Waals surface area (Å²) in [5.41, 5.74) is 0. The summed E-state index contributed by atoms with van der Waals surface area (Å²) in [6.07, 6.45) is 0. The highest BCUT2D eigenvalue weighted by Gasteiger charge is 2.31. The normalized spacial score (nSPS) is 28.5. The zero-order chi connectivity index (χ0) is 18.4. The predicted molar refractivity (Wildman–Crippen MR) is 107 cm³/mol. The molecule has 0 radical (unpaired) electrons. The van der Waals surface area contributed by atoms with Crippen LogP contribution in [0.15, 0.2) is 4.99 Å². The molecule has 25 heavy (non-hydrogen) atoms. The van der Waals surface area contributed by atoms with Crippen molar-refractivity contribution >= 4 is 5.96 Å². The summed E-state index contributed by atoms with van der Waals surface area (Å²) in [5.74, 6) is 2.23. The van der Waals surface area contributed by atoms with Crippen molar-refractivity contribution in [1.29, 1.82) is 0 Å². The maximum Gasteiger partial charge on any atom is 0.191 e. The zero-order valence-electron chi connectivity index (χ0n) is 17.3. The lowest BCUT2D eigenvalue weighted by Gasteiger charge is -2.34. The molecule has 2 rings (SSSR count). The van der Waals surface area contributed by atoms with Crippen LogP contribution in [0.25, 0.3) is 0 Å². The second-order valence-electron chi connectivity index (χ2n) is 8.44. The lowest BCUT2D eigenvalue weighted by Crippen LogP contribution is -2.49. The molecular weight excluding hydrogens is 312 g/mol. The van der Waals surface area contributed by atoms with E-state index in [1.165, 1.54) is 39.3 Å². The van der Waals surface area contributed by atoms with Gasteiger partial charge >= 0.3 is 0 Å².